The molecule has 0 aromatic heterocycles. The van der Waals surface area contributed by atoms with E-state index in [9.17, 15) is 39.9 Å². The largest absolute Gasteiger partial charge is 0.461 e. The molecule has 0 saturated carbocycles. The maximum atomic E-state index is 13.1. The number of allylic oxidation sites excluding steroid dienone is 13. The normalized spacial score (nSPS) is 34.3. The van der Waals surface area contributed by atoms with Crippen molar-refractivity contribution in [3.05, 3.63) is 120 Å². The fourth-order valence-corrected chi connectivity index (χ4v) is 6.31. The van der Waals surface area contributed by atoms with E-state index in [1.54, 1.807) is 121 Å². The zero-order valence-corrected chi connectivity index (χ0v) is 36.2. The molecule has 2 aliphatic rings. The van der Waals surface area contributed by atoms with Crippen molar-refractivity contribution in [3.8, 4) is 0 Å². The summed E-state index contributed by atoms with van der Waals surface area (Å²) in [5.41, 5.74) is 1.59. The van der Waals surface area contributed by atoms with Gasteiger partial charge < -0.3 is 49.2 Å². The van der Waals surface area contributed by atoms with Crippen LogP contribution in [0, 0.1) is 11.8 Å². The van der Waals surface area contributed by atoms with Gasteiger partial charge in [0.05, 0.1) is 36.9 Å². The van der Waals surface area contributed by atoms with Gasteiger partial charge in [-0.2, -0.15) is 0 Å². The first-order valence-corrected chi connectivity index (χ1v) is 20.2. The lowest BCUT2D eigenvalue weighted by Crippen LogP contribution is -2.59. The number of cyclic esters (lactones) is 1. The molecule has 2 aliphatic heterocycles. The molecule has 13 nitrogen and oxygen atoms in total. The SMILES string of the molecule is CO[C@@H]1[C@H](O)[C@@H](OC)[C@H](OC(C)C(O)/C=C/C=C/C=C/C(=O)C([13CH3])C(O)C([13CH3])C2C/C=C/C=C/C=C/C(O)C(=O)/C(C)=C/C=C/C(C)=C/C(O)/C([13CH3])=C\CC(=O)O2)O[C@@H]1C. The molecule has 0 aromatic carbocycles. The van der Waals surface area contributed by atoms with E-state index in [4.69, 9.17) is 23.7 Å². The molecular formula is C47H66O13. The summed E-state index contributed by atoms with van der Waals surface area (Å²) >= 11 is 0. The van der Waals surface area contributed by atoms with Crippen molar-refractivity contribution in [2.75, 3.05) is 14.2 Å². The summed E-state index contributed by atoms with van der Waals surface area (Å²) in [5, 5.41) is 53.5. The second-order valence-corrected chi connectivity index (χ2v) is 15.1. The second-order valence-electron chi connectivity index (χ2n) is 15.1. The monoisotopic (exact) mass is 841 g/mol. The van der Waals surface area contributed by atoms with Gasteiger partial charge in [-0.3, -0.25) is 14.4 Å². The number of carbonyl (C=O) groups is 3. The fraction of sp³-hybridized carbons (Fsp3) is 0.511. The summed E-state index contributed by atoms with van der Waals surface area (Å²) < 4.78 is 28.2. The first-order valence-electron chi connectivity index (χ1n) is 20.2. The van der Waals surface area contributed by atoms with Gasteiger partial charge in [-0.05, 0) is 64.0 Å². The first kappa shape index (κ1) is 52.0. The van der Waals surface area contributed by atoms with Gasteiger partial charge in [-0.25, -0.2) is 0 Å². The van der Waals surface area contributed by atoms with E-state index in [2.05, 4.69) is 0 Å². The third kappa shape index (κ3) is 17.1. The number of ether oxygens (including phenoxy) is 5. The summed E-state index contributed by atoms with van der Waals surface area (Å²) in [7, 11) is 2.90. The molecule has 13 heteroatoms. The second kappa shape index (κ2) is 26.9. The molecule has 13 atom stereocenters. The van der Waals surface area contributed by atoms with Crippen LogP contribution in [0.2, 0.25) is 0 Å². The number of esters is 1. The third-order valence-electron chi connectivity index (χ3n) is 10.4. The number of aliphatic hydroxyl groups excluding tert-OH is 5. The van der Waals surface area contributed by atoms with Gasteiger partial charge in [0.1, 0.15) is 30.5 Å². The minimum atomic E-state index is -1.33. The van der Waals surface area contributed by atoms with Crippen LogP contribution in [0.3, 0.4) is 0 Å². The number of aliphatic hydroxyl groups is 5. The average molecular weight is 842 g/mol. The van der Waals surface area contributed by atoms with Crippen LogP contribution < -0.4 is 0 Å². The van der Waals surface area contributed by atoms with E-state index in [0.29, 0.717) is 16.7 Å². The van der Waals surface area contributed by atoms with Crippen LogP contribution in [0.1, 0.15) is 61.3 Å². The van der Waals surface area contributed by atoms with Gasteiger partial charge in [0, 0.05) is 32.5 Å². The molecule has 60 heavy (non-hydrogen) atoms. The quantitative estimate of drug-likeness (QED) is 0.0557. The van der Waals surface area contributed by atoms with E-state index in [1.807, 2.05) is 0 Å². The molecule has 0 bridgehead atoms. The van der Waals surface area contributed by atoms with E-state index < -0.39 is 90.9 Å². The molecule has 0 amide bonds. The van der Waals surface area contributed by atoms with Gasteiger partial charge in [0.2, 0.25) is 0 Å². The predicted octanol–water partition coefficient (Wildman–Crippen LogP) is 4.82. The van der Waals surface area contributed by atoms with Crippen LogP contribution in [0.25, 0.3) is 0 Å². The van der Waals surface area contributed by atoms with E-state index in [0.717, 1.165) is 0 Å². The lowest BCUT2D eigenvalue weighted by atomic mass is 9.91. The lowest BCUT2D eigenvalue weighted by Gasteiger charge is -2.43. The molecule has 0 aromatic rings. The summed E-state index contributed by atoms with van der Waals surface area (Å²) in [6.45, 7) is 11.8. The number of carbonyl (C=O) groups excluding carboxylic acids is 3. The minimum Gasteiger partial charge on any atom is -0.461 e. The first-order chi connectivity index (χ1) is 28.4. The van der Waals surface area contributed by atoms with Crippen LogP contribution in [-0.2, 0) is 38.1 Å². The Kier molecular flexibility index (Phi) is 23.3. The molecular weight excluding hydrogens is 775 g/mol. The summed E-state index contributed by atoms with van der Waals surface area (Å²) in [5.74, 6) is -2.90. The van der Waals surface area contributed by atoms with E-state index in [1.165, 1.54) is 44.6 Å². The number of rotatable bonds is 13. The highest BCUT2D eigenvalue weighted by molar-refractivity contribution is 5.99. The lowest BCUT2D eigenvalue weighted by molar-refractivity contribution is -0.314. The van der Waals surface area contributed by atoms with Crippen LogP contribution in [0.4, 0.5) is 0 Å². The Labute approximate surface area is 355 Å². The molecule has 8 unspecified atom stereocenters. The fourth-order valence-electron chi connectivity index (χ4n) is 6.31. The van der Waals surface area contributed by atoms with Gasteiger partial charge >= 0.3 is 5.97 Å². The maximum Gasteiger partial charge on any atom is 0.309 e. The Hall–Kier alpha value is -4.15. The molecule has 332 valence electrons. The highest BCUT2D eigenvalue weighted by atomic mass is 16.7. The average Bonchev–Trinajstić information content (AvgIpc) is 3.21. The van der Waals surface area contributed by atoms with Gasteiger partial charge in [0.25, 0.3) is 0 Å². The Balaban J connectivity index is 2.11. The van der Waals surface area contributed by atoms with Crippen LogP contribution in [0.5, 0.6) is 0 Å². The summed E-state index contributed by atoms with van der Waals surface area (Å²) in [6, 6.07) is 0. The van der Waals surface area contributed by atoms with Crippen molar-refractivity contribution in [2.24, 2.45) is 11.8 Å². The Morgan fingerprint density at radius 3 is 2.23 bits per heavy atom. The Morgan fingerprint density at radius 1 is 0.883 bits per heavy atom. The highest BCUT2D eigenvalue weighted by Crippen LogP contribution is 2.27. The summed E-state index contributed by atoms with van der Waals surface area (Å²) in [6.07, 6.45) is 17.1. The molecule has 1 fully saturated rings. The van der Waals surface area contributed by atoms with Crippen molar-refractivity contribution in [1.29, 1.82) is 0 Å². The zero-order chi connectivity index (χ0) is 44.9. The summed E-state index contributed by atoms with van der Waals surface area (Å²) in [4.78, 5) is 38.7. The smallest absolute Gasteiger partial charge is 0.309 e. The Bertz CT molecular complexity index is 1700. The predicted molar refractivity (Wildman–Crippen MR) is 229 cm³/mol. The van der Waals surface area contributed by atoms with E-state index in [-0.39, 0.29) is 18.6 Å². The highest BCUT2D eigenvalue weighted by Gasteiger charge is 2.45. The number of ketones is 2. The van der Waals surface area contributed by atoms with E-state index >= 15 is 0 Å². The van der Waals surface area contributed by atoms with Crippen LogP contribution in [0.15, 0.2) is 120 Å². The standard InChI is InChI=1S/C47H66O13/c1-29-20-19-21-31(3)42(53)38(50)24-17-11-10-12-18-25-40(60-41(52)27-26-30(2)39(51)28-29)33(5)43(54)32(4)36(48)22-15-13-14-16-23-37(49)34(6)58-47-46(57-9)44(55)45(56-8)35(7)59-47/h10-24,26,28,32-35,37-40,43-47,49-51,54-55H,25,27H2,1-9H3/b11-10+,14-13+,18-12+,20-19+,22-15+,23-16+,24-17+,29-28+,30-26-,31-21+/t32?,33?,34?,35-,37?,38?,39?,40?,43?,44+,45+,46-,47-/m1/s1/i2+1,4+1,5+1. The molecule has 2 heterocycles. The van der Waals surface area contributed by atoms with Crippen molar-refractivity contribution < 1.29 is 63.6 Å². The van der Waals surface area contributed by atoms with Crippen molar-refractivity contribution >= 4 is 17.5 Å². The number of hydrogen-bond acceptors (Lipinski definition) is 13. The van der Waals surface area contributed by atoms with Crippen molar-refractivity contribution in [1.82, 2.24) is 0 Å². The van der Waals surface area contributed by atoms with Gasteiger partial charge in [-0.1, -0.05) is 104 Å². The van der Waals surface area contributed by atoms with Crippen molar-refractivity contribution in [2.45, 2.75) is 129 Å². The van der Waals surface area contributed by atoms with Gasteiger partial charge in [0.15, 0.2) is 17.9 Å². The maximum absolute atomic E-state index is 13.1. The molecule has 0 spiro atoms. The molecule has 0 radical (unpaired) electrons. The third-order valence-corrected chi connectivity index (χ3v) is 10.4. The molecule has 1 saturated heterocycles. The minimum absolute atomic E-state index is 0.130. The molecule has 0 aliphatic carbocycles. The number of methoxy groups -OCH3 is 2. The molecule has 2 rings (SSSR count). The van der Waals surface area contributed by atoms with Gasteiger partial charge in [-0.15, -0.1) is 0 Å². The molecule has 5 N–H and O–H groups in total. The Morgan fingerprint density at radius 2 is 1.55 bits per heavy atom. The topological polar surface area (TPSA) is 199 Å². The van der Waals surface area contributed by atoms with Crippen LogP contribution >= 0.6 is 0 Å². The van der Waals surface area contributed by atoms with Crippen molar-refractivity contribution in [3.63, 3.8) is 0 Å². The van der Waals surface area contributed by atoms with Crippen LogP contribution in [-0.4, -0.2) is 125 Å². The number of hydrogen-bond donors (Lipinski definition) is 5. The number of Topliss-reactive ketones (excluding diaryl/α,β-unsaturated/α-hetero) is 1. The zero-order valence-electron chi connectivity index (χ0n) is 36.2.